The lowest BCUT2D eigenvalue weighted by atomic mass is 10.0. The van der Waals surface area contributed by atoms with Gasteiger partial charge >= 0.3 is 12.1 Å². The molecule has 3 N–H and O–H groups in total. The Hall–Kier alpha value is -5.11. The minimum atomic E-state index is -1.23. The van der Waals surface area contributed by atoms with Gasteiger partial charge in [-0.25, -0.2) is 9.59 Å². The SMILES string of the molecule is O=C(N[C@H](Cc1ccccc1)C(=O)N[C@@H](Cc1cccc(OCc2ccccc2)c1)C(=O)O)OCc1ccccc1. The first kappa shape index (κ1) is 28.9. The Morgan fingerprint density at radius 3 is 1.76 bits per heavy atom. The number of hydrogen-bond donors (Lipinski definition) is 3. The van der Waals surface area contributed by atoms with Crippen LogP contribution in [0, 0.1) is 0 Å². The lowest BCUT2D eigenvalue weighted by Crippen LogP contribution is -2.53. The van der Waals surface area contributed by atoms with E-state index < -0.39 is 30.1 Å². The summed E-state index contributed by atoms with van der Waals surface area (Å²) >= 11 is 0. The van der Waals surface area contributed by atoms with Crippen LogP contribution in [0.1, 0.15) is 22.3 Å². The van der Waals surface area contributed by atoms with Gasteiger partial charge in [-0.05, 0) is 34.4 Å². The van der Waals surface area contributed by atoms with Crippen LogP contribution in [0.3, 0.4) is 0 Å². The fourth-order valence-electron chi connectivity index (χ4n) is 4.18. The summed E-state index contributed by atoms with van der Waals surface area (Å²) in [5.74, 6) is -1.24. The first-order valence-electron chi connectivity index (χ1n) is 13.3. The standard InChI is InChI=1S/C33H32N2O6/c36-31(29(20-24-11-4-1-5-12-24)35-33(39)41-23-26-15-8-3-9-16-26)34-30(32(37)38)21-27-17-10-18-28(19-27)40-22-25-13-6-2-7-14-25/h1-19,29-30H,20-23H2,(H,34,36)(H,35,39)(H,37,38)/t29-,30+/m1/s1. The zero-order chi connectivity index (χ0) is 28.9. The third kappa shape index (κ3) is 9.54. The first-order chi connectivity index (χ1) is 20.0. The summed E-state index contributed by atoms with van der Waals surface area (Å²) in [4.78, 5) is 38.0. The van der Waals surface area contributed by atoms with Crippen molar-refractivity contribution in [1.82, 2.24) is 10.6 Å². The van der Waals surface area contributed by atoms with Gasteiger partial charge in [0.2, 0.25) is 5.91 Å². The van der Waals surface area contributed by atoms with E-state index in [1.54, 1.807) is 24.3 Å². The number of benzene rings is 4. The molecule has 2 amide bonds. The number of hydrogen-bond acceptors (Lipinski definition) is 5. The van der Waals surface area contributed by atoms with Crippen molar-refractivity contribution in [1.29, 1.82) is 0 Å². The van der Waals surface area contributed by atoms with Crippen LogP contribution in [0.5, 0.6) is 5.75 Å². The highest BCUT2D eigenvalue weighted by Crippen LogP contribution is 2.17. The summed E-state index contributed by atoms with van der Waals surface area (Å²) in [7, 11) is 0. The Labute approximate surface area is 238 Å². The molecule has 0 unspecified atom stereocenters. The molecular weight excluding hydrogens is 520 g/mol. The number of aliphatic carboxylic acids is 1. The van der Waals surface area contributed by atoms with Gasteiger partial charge in [0, 0.05) is 12.8 Å². The van der Waals surface area contributed by atoms with E-state index in [1.807, 2.05) is 91.0 Å². The second kappa shape index (κ2) is 14.9. The summed E-state index contributed by atoms with van der Waals surface area (Å²) in [6, 6.07) is 32.8. The minimum absolute atomic E-state index is 0.0279. The maximum atomic E-state index is 13.3. The molecule has 0 aliphatic heterocycles. The smallest absolute Gasteiger partial charge is 0.408 e. The second-order valence-electron chi connectivity index (χ2n) is 9.47. The predicted molar refractivity (Wildman–Crippen MR) is 154 cm³/mol. The number of alkyl carbamates (subject to hydrolysis) is 1. The van der Waals surface area contributed by atoms with Crippen LogP contribution in [-0.2, 0) is 40.4 Å². The van der Waals surface area contributed by atoms with Crippen molar-refractivity contribution in [3.05, 3.63) is 138 Å². The van der Waals surface area contributed by atoms with Crippen LogP contribution < -0.4 is 15.4 Å². The molecule has 0 heterocycles. The fraction of sp³-hybridized carbons (Fsp3) is 0.182. The van der Waals surface area contributed by atoms with E-state index in [0.29, 0.717) is 17.9 Å². The zero-order valence-electron chi connectivity index (χ0n) is 22.4. The van der Waals surface area contributed by atoms with Gasteiger partial charge in [0.1, 0.15) is 31.0 Å². The maximum absolute atomic E-state index is 13.3. The maximum Gasteiger partial charge on any atom is 0.408 e. The van der Waals surface area contributed by atoms with E-state index in [0.717, 1.165) is 16.7 Å². The molecule has 0 saturated heterocycles. The van der Waals surface area contributed by atoms with Crippen molar-refractivity contribution >= 4 is 18.0 Å². The molecule has 0 radical (unpaired) electrons. The summed E-state index contributed by atoms with van der Waals surface area (Å²) < 4.78 is 11.2. The van der Waals surface area contributed by atoms with E-state index in [2.05, 4.69) is 10.6 Å². The molecule has 0 bridgehead atoms. The highest BCUT2D eigenvalue weighted by molar-refractivity contribution is 5.89. The average molecular weight is 553 g/mol. The van der Waals surface area contributed by atoms with Crippen molar-refractivity contribution in [2.24, 2.45) is 0 Å². The quantitative estimate of drug-likeness (QED) is 0.217. The Morgan fingerprint density at radius 1 is 0.610 bits per heavy atom. The molecule has 4 aromatic carbocycles. The molecule has 0 aliphatic carbocycles. The van der Waals surface area contributed by atoms with Gasteiger partial charge in [-0.15, -0.1) is 0 Å². The van der Waals surface area contributed by atoms with E-state index in [-0.39, 0.29) is 19.4 Å². The van der Waals surface area contributed by atoms with E-state index in [1.165, 1.54) is 0 Å². The molecule has 210 valence electrons. The molecule has 4 aromatic rings. The first-order valence-corrected chi connectivity index (χ1v) is 13.3. The lowest BCUT2D eigenvalue weighted by Gasteiger charge is -2.22. The molecule has 2 atom stereocenters. The highest BCUT2D eigenvalue weighted by Gasteiger charge is 2.27. The number of nitrogens with one attached hydrogen (secondary N) is 2. The van der Waals surface area contributed by atoms with E-state index >= 15 is 0 Å². The van der Waals surface area contributed by atoms with Crippen molar-refractivity contribution < 1.29 is 29.0 Å². The number of carbonyl (C=O) groups excluding carboxylic acids is 2. The molecule has 0 aliphatic rings. The minimum Gasteiger partial charge on any atom is -0.489 e. The lowest BCUT2D eigenvalue weighted by molar-refractivity contribution is -0.142. The number of carboxylic acids is 1. The van der Waals surface area contributed by atoms with Gasteiger partial charge in [0.05, 0.1) is 0 Å². The third-order valence-corrected chi connectivity index (χ3v) is 6.31. The van der Waals surface area contributed by atoms with Crippen LogP contribution in [-0.4, -0.2) is 35.2 Å². The summed E-state index contributed by atoms with van der Waals surface area (Å²) in [6.07, 6.45) is -0.595. The molecule has 8 nitrogen and oxygen atoms in total. The van der Waals surface area contributed by atoms with Crippen LogP contribution in [0.2, 0.25) is 0 Å². The Bertz CT molecular complexity index is 1410. The molecule has 4 rings (SSSR count). The molecule has 8 heteroatoms. The van der Waals surface area contributed by atoms with Crippen molar-refractivity contribution in [3.63, 3.8) is 0 Å². The van der Waals surface area contributed by atoms with Crippen molar-refractivity contribution in [2.75, 3.05) is 0 Å². The van der Waals surface area contributed by atoms with E-state index in [4.69, 9.17) is 9.47 Å². The van der Waals surface area contributed by atoms with Gasteiger partial charge in [-0.3, -0.25) is 4.79 Å². The van der Waals surface area contributed by atoms with Crippen LogP contribution in [0.4, 0.5) is 4.79 Å². The van der Waals surface area contributed by atoms with Gasteiger partial charge in [-0.1, -0.05) is 103 Å². The van der Waals surface area contributed by atoms with Crippen LogP contribution in [0.15, 0.2) is 115 Å². The summed E-state index contributed by atoms with van der Waals surface area (Å²) in [5, 5.41) is 15.1. The van der Waals surface area contributed by atoms with E-state index in [9.17, 15) is 19.5 Å². The Kier molecular flexibility index (Phi) is 10.5. The monoisotopic (exact) mass is 552 g/mol. The predicted octanol–water partition coefficient (Wildman–Crippen LogP) is 4.92. The number of ether oxygens (including phenoxy) is 2. The molecule has 0 spiro atoms. The second-order valence-corrected chi connectivity index (χ2v) is 9.47. The van der Waals surface area contributed by atoms with Gasteiger partial charge < -0.3 is 25.2 Å². The van der Waals surface area contributed by atoms with Gasteiger partial charge in [0.15, 0.2) is 0 Å². The fourth-order valence-corrected chi connectivity index (χ4v) is 4.18. The zero-order valence-corrected chi connectivity index (χ0v) is 22.4. The average Bonchev–Trinajstić information content (AvgIpc) is 3.00. The van der Waals surface area contributed by atoms with Gasteiger partial charge in [0.25, 0.3) is 0 Å². The van der Waals surface area contributed by atoms with Crippen LogP contribution >= 0.6 is 0 Å². The summed E-state index contributed by atoms with van der Waals surface area (Å²) in [6.45, 7) is 0.406. The highest BCUT2D eigenvalue weighted by atomic mass is 16.5. The molecule has 0 aromatic heterocycles. The number of amides is 2. The number of carbonyl (C=O) groups is 3. The molecule has 0 saturated carbocycles. The number of carboxylic acid groups (broad SMARTS) is 1. The largest absolute Gasteiger partial charge is 0.489 e. The molecule has 0 fully saturated rings. The topological polar surface area (TPSA) is 114 Å². The molecule has 41 heavy (non-hydrogen) atoms. The Balaban J connectivity index is 1.40. The van der Waals surface area contributed by atoms with Crippen molar-refractivity contribution in [3.8, 4) is 5.75 Å². The molecular formula is C33H32N2O6. The summed E-state index contributed by atoms with van der Waals surface area (Å²) in [5.41, 5.74) is 3.28. The van der Waals surface area contributed by atoms with Gasteiger partial charge in [-0.2, -0.15) is 0 Å². The Morgan fingerprint density at radius 2 is 1.15 bits per heavy atom. The van der Waals surface area contributed by atoms with Crippen molar-refractivity contribution in [2.45, 2.75) is 38.1 Å². The van der Waals surface area contributed by atoms with Crippen LogP contribution in [0.25, 0.3) is 0 Å². The third-order valence-electron chi connectivity index (χ3n) is 6.31. The normalized spacial score (nSPS) is 12.0. The number of rotatable bonds is 13.